The van der Waals surface area contributed by atoms with E-state index in [0.29, 0.717) is 6.61 Å². The lowest BCUT2D eigenvalue weighted by molar-refractivity contribution is 0.0738. The number of rotatable bonds is 5. The summed E-state index contributed by atoms with van der Waals surface area (Å²) in [5.74, 6) is 0. The number of carbonyl (C=O) groups is 1. The van der Waals surface area contributed by atoms with E-state index in [1.165, 1.54) is 5.56 Å². The first-order valence-electron chi connectivity index (χ1n) is 7.67. The molecule has 0 aliphatic carbocycles. The quantitative estimate of drug-likeness (QED) is 0.668. The summed E-state index contributed by atoms with van der Waals surface area (Å²) in [7, 11) is 0. The van der Waals surface area contributed by atoms with Crippen LogP contribution >= 0.6 is 0 Å². The molecule has 1 aromatic rings. The Kier molecular flexibility index (Phi) is 5.87. The third-order valence-corrected chi connectivity index (χ3v) is 3.74. The number of nitrogens with two attached hydrogens (primary N) is 1. The van der Waals surface area contributed by atoms with Crippen LogP contribution in [-0.4, -0.2) is 48.7 Å². The molecule has 2 rings (SSSR count). The summed E-state index contributed by atoms with van der Waals surface area (Å²) >= 11 is 0. The Balaban J connectivity index is 1.72. The van der Waals surface area contributed by atoms with Crippen molar-refractivity contribution in [1.82, 2.24) is 9.80 Å². The lowest BCUT2D eigenvalue weighted by Crippen LogP contribution is -2.48. The molecule has 1 fully saturated rings. The molecule has 0 atom stereocenters. The van der Waals surface area contributed by atoms with Gasteiger partial charge in [-0.15, -0.1) is 0 Å². The zero-order valence-electron chi connectivity index (χ0n) is 12.8. The highest BCUT2D eigenvalue weighted by Gasteiger charge is 2.21. The molecule has 1 heterocycles. The lowest BCUT2D eigenvalue weighted by atomic mass is 10.2. The van der Waals surface area contributed by atoms with Crippen LogP contribution in [0.3, 0.4) is 0 Å². The van der Waals surface area contributed by atoms with Crippen LogP contribution in [0.5, 0.6) is 0 Å². The first-order chi connectivity index (χ1) is 10.2. The highest BCUT2D eigenvalue weighted by molar-refractivity contribution is 5.67. The summed E-state index contributed by atoms with van der Waals surface area (Å²) in [5.41, 5.74) is 7.73. The van der Waals surface area contributed by atoms with E-state index < -0.39 is 0 Å². The first kappa shape index (κ1) is 15.6. The Bertz CT molecular complexity index is 439. The van der Waals surface area contributed by atoms with E-state index in [1.54, 1.807) is 4.90 Å². The number of nitrogen functional groups attached to an aromatic ring is 1. The van der Waals surface area contributed by atoms with Gasteiger partial charge < -0.3 is 15.4 Å². The molecule has 1 aliphatic rings. The number of hydrogen-bond donors (Lipinski definition) is 1. The van der Waals surface area contributed by atoms with Gasteiger partial charge in [0.1, 0.15) is 0 Å². The van der Waals surface area contributed by atoms with Gasteiger partial charge in [0.2, 0.25) is 0 Å². The number of piperazine rings is 1. The lowest BCUT2D eigenvalue weighted by Gasteiger charge is -2.34. The third kappa shape index (κ3) is 4.93. The largest absolute Gasteiger partial charge is 0.449 e. The van der Waals surface area contributed by atoms with Crippen LogP contribution in [0.4, 0.5) is 10.5 Å². The van der Waals surface area contributed by atoms with Crippen LogP contribution in [0.2, 0.25) is 0 Å². The molecular formula is C16H25N3O2. The van der Waals surface area contributed by atoms with Crippen molar-refractivity contribution in [2.45, 2.75) is 26.3 Å². The Labute approximate surface area is 126 Å². The predicted octanol–water partition coefficient (Wildman–Crippen LogP) is 2.32. The maximum Gasteiger partial charge on any atom is 0.409 e. The van der Waals surface area contributed by atoms with E-state index in [9.17, 15) is 4.79 Å². The third-order valence-electron chi connectivity index (χ3n) is 3.74. The molecule has 0 saturated carbocycles. The smallest absolute Gasteiger partial charge is 0.409 e. The van der Waals surface area contributed by atoms with Gasteiger partial charge >= 0.3 is 6.09 Å². The molecule has 0 unspecified atom stereocenters. The Hall–Kier alpha value is -1.75. The molecule has 21 heavy (non-hydrogen) atoms. The highest BCUT2D eigenvalue weighted by atomic mass is 16.6. The fraction of sp³-hybridized carbons (Fsp3) is 0.562. The standard InChI is InChI=1S/C16H25N3O2/c1-2-3-12-21-16(20)19-10-8-18(9-11-19)13-14-4-6-15(17)7-5-14/h4-7H,2-3,8-13,17H2,1H3. The number of nitrogens with zero attached hydrogens (tertiary/aromatic N) is 2. The van der Waals surface area contributed by atoms with Gasteiger partial charge in [-0.25, -0.2) is 4.79 Å². The second-order valence-corrected chi connectivity index (χ2v) is 5.47. The van der Waals surface area contributed by atoms with E-state index in [0.717, 1.165) is 51.3 Å². The molecule has 1 aliphatic heterocycles. The number of unbranched alkanes of at least 4 members (excludes halogenated alkanes) is 1. The van der Waals surface area contributed by atoms with Gasteiger partial charge in [-0.2, -0.15) is 0 Å². The van der Waals surface area contributed by atoms with E-state index >= 15 is 0 Å². The number of carbonyl (C=O) groups excluding carboxylic acids is 1. The molecule has 5 heteroatoms. The van der Waals surface area contributed by atoms with E-state index in [-0.39, 0.29) is 6.09 Å². The average molecular weight is 291 g/mol. The molecule has 1 aromatic carbocycles. The number of ether oxygens (including phenoxy) is 1. The minimum absolute atomic E-state index is 0.171. The average Bonchev–Trinajstić information content (AvgIpc) is 2.50. The summed E-state index contributed by atoms with van der Waals surface area (Å²) in [5, 5.41) is 0. The van der Waals surface area contributed by atoms with E-state index in [2.05, 4.69) is 24.0 Å². The van der Waals surface area contributed by atoms with Gasteiger partial charge in [0, 0.05) is 38.4 Å². The fourth-order valence-electron chi connectivity index (χ4n) is 2.36. The molecule has 2 N–H and O–H groups in total. The molecule has 0 bridgehead atoms. The normalized spacial score (nSPS) is 16.0. The summed E-state index contributed by atoms with van der Waals surface area (Å²) in [4.78, 5) is 16.0. The van der Waals surface area contributed by atoms with Gasteiger partial charge in [-0.1, -0.05) is 25.5 Å². The number of amides is 1. The Morgan fingerprint density at radius 2 is 1.86 bits per heavy atom. The molecule has 5 nitrogen and oxygen atoms in total. The Morgan fingerprint density at radius 1 is 1.19 bits per heavy atom. The summed E-state index contributed by atoms with van der Waals surface area (Å²) in [6.07, 6.45) is 1.81. The van der Waals surface area contributed by atoms with Crippen molar-refractivity contribution in [3.8, 4) is 0 Å². The number of hydrogen-bond acceptors (Lipinski definition) is 4. The summed E-state index contributed by atoms with van der Waals surface area (Å²) < 4.78 is 5.24. The zero-order chi connectivity index (χ0) is 15.1. The van der Waals surface area contributed by atoms with Crippen LogP contribution in [0.25, 0.3) is 0 Å². The van der Waals surface area contributed by atoms with Crippen molar-refractivity contribution in [1.29, 1.82) is 0 Å². The zero-order valence-corrected chi connectivity index (χ0v) is 12.8. The summed E-state index contributed by atoms with van der Waals surface area (Å²) in [6.45, 7) is 6.75. The van der Waals surface area contributed by atoms with Crippen LogP contribution in [0.1, 0.15) is 25.3 Å². The van der Waals surface area contributed by atoms with Crippen molar-refractivity contribution >= 4 is 11.8 Å². The topological polar surface area (TPSA) is 58.8 Å². The SMILES string of the molecule is CCCCOC(=O)N1CCN(Cc2ccc(N)cc2)CC1. The van der Waals surface area contributed by atoms with Crippen molar-refractivity contribution in [2.24, 2.45) is 0 Å². The molecule has 116 valence electrons. The summed E-state index contributed by atoms with van der Waals surface area (Å²) in [6, 6.07) is 7.97. The fourth-order valence-corrected chi connectivity index (χ4v) is 2.36. The van der Waals surface area contributed by atoms with E-state index in [4.69, 9.17) is 10.5 Å². The van der Waals surface area contributed by atoms with Crippen LogP contribution in [0.15, 0.2) is 24.3 Å². The van der Waals surface area contributed by atoms with Gasteiger partial charge in [-0.05, 0) is 24.1 Å². The molecule has 1 saturated heterocycles. The first-order valence-corrected chi connectivity index (χ1v) is 7.67. The molecule has 1 amide bonds. The minimum Gasteiger partial charge on any atom is -0.449 e. The van der Waals surface area contributed by atoms with Crippen molar-refractivity contribution in [2.75, 3.05) is 38.5 Å². The molecule has 0 aromatic heterocycles. The second-order valence-electron chi connectivity index (χ2n) is 5.47. The van der Waals surface area contributed by atoms with Crippen molar-refractivity contribution in [3.05, 3.63) is 29.8 Å². The second kappa shape index (κ2) is 7.88. The van der Waals surface area contributed by atoms with Gasteiger partial charge in [0.15, 0.2) is 0 Å². The number of anilines is 1. The van der Waals surface area contributed by atoms with Gasteiger partial charge in [-0.3, -0.25) is 4.90 Å². The van der Waals surface area contributed by atoms with E-state index in [1.807, 2.05) is 12.1 Å². The molecule has 0 radical (unpaired) electrons. The van der Waals surface area contributed by atoms with Gasteiger partial charge in [0.05, 0.1) is 6.61 Å². The number of benzene rings is 1. The van der Waals surface area contributed by atoms with Crippen LogP contribution in [-0.2, 0) is 11.3 Å². The van der Waals surface area contributed by atoms with Crippen molar-refractivity contribution in [3.63, 3.8) is 0 Å². The maximum atomic E-state index is 11.8. The Morgan fingerprint density at radius 3 is 2.48 bits per heavy atom. The van der Waals surface area contributed by atoms with Crippen molar-refractivity contribution < 1.29 is 9.53 Å². The van der Waals surface area contributed by atoms with Crippen LogP contribution < -0.4 is 5.73 Å². The minimum atomic E-state index is -0.171. The molecule has 0 spiro atoms. The predicted molar refractivity (Wildman–Crippen MR) is 84.0 cm³/mol. The molecular weight excluding hydrogens is 266 g/mol. The maximum absolute atomic E-state index is 11.8. The van der Waals surface area contributed by atoms with Crippen LogP contribution in [0, 0.1) is 0 Å². The monoisotopic (exact) mass is 291 g/mol. The van der Waals surface area contributed by atoms with Gasteiger partial charge in [0.25, 0.3) is 0 Å². The highest BCUT2D eigenvalue weighted by Crippen LogP contribution is 2.11.